The summed E-state index contributed by atoms with van der Waals surface area (Å²) in [5.74, 6) is 0.574. The van der Waals surface area contributed by atoms with Crippen molar-refractivity contribution in [1.29, 1.82) is 0 Å². The van der Waals surface area contributed by atoms with Crippen LogP contribution in [0.2, 0.25) is 0 Å². The lowest BCUT2D eigenvalue weighted by atomic mass is 10.0. The van der Waals surface area contributed by atoms with Gasteiger partial charge in [0.25, 0.3) is 5.91 Å². The number of hydrogen-bond acceptors (Lipinski definition) is 4. The van der Waals surface area contributed by atoms with Crippen molar-refractivity contribution in [2.24, 2.45) is 0 Å². The van der Waals surface area contributed by atoms with Gasteiger partial charge in [-0.05, 0) is 42.5 Å². The second-order valence-corrected chi connectivity index (χ2v) is 6.75. The molecular formula is C22H22N4O. The molecule has 5 nitrogen and oxygen atoms in total. The molecule has 0 fully saturated rings. The van der Waals surface area contributed by atoms with E-state index in [4.69, 9.17) is 0 Å². The highest BCUT2D eigenvalue weighted by Crippen LogP contribution is 2.32. The smallest absolute Gasteiger partial charge is 0.270 e. The largest absolute Gasteiger partial charge is 0.347 e. The van der Waals surface area contributed by atoms with E-state index < -0.39 is 0 Å². The van der Waals surface area contributed by atoms with Crippen molar-refractivity contribution in [2.45, 2.75) is 26.3 Å². The summed E-state index contributed by atoms with van der Waals surface area (Å²) < 4.78 is 0. The van der Waals surface area contributed by atoms with Gasteiger partial charge in [0.1, 0.15) is 17.8 Å². The fourth-order valence-corrected chi connectivity index (χ4v) is 3.46. The van der Waals surface area contributed by atoms with E-state index in [1.807, 2.05) is 37.3 Å². The Morgan fingerprint density at radius 3 is 2.81 bits per heavy atom. The van der Waals surface area contributed by atoms with Gasteiger partial charge in [-0.15, -0.1) is 0 Å². The molecule has 0 bridgehead atoms. The van der Waals surface area contributed by atoms with Gasteiger partial charge in [-0.3, -0.25) is 4.79 Å². The number of aryl methyl sites for hydroxylation is 2. The lowest BCUT2D eigenvalue weighted by Crippen LogP contribution is -2.27. The maximum atomic E-state index is 12.6. The predicted octanol–water partition coefficient (Wildman–Crippen LogP) is 3.80. The number of nitrogens with zero attached hydrogens (tertiary/aromatic N) is 3. The molecule has 0 saturated carbocycles. The molecule has 0 radical (unpaired) electrons. The second-order valence-electron chi connectivity index (χ2n) is 6.75. The summed E-state index contributed by atoms with van der Waals surface area (Å²) in [7, 11) is 0. The summed E-state index contributed by atoms with van der Waals surface area (Å²) in [6.07, 6.45) is 3.60. The Balaban J connectivity index is 1.53. The van der Waals surface area contributed by atoms with Crippen molar-refractivity contribution in [3.05, 3.63) is 83.3 Å². The summed E-state index contributed by atoms with van der Waals surface area (Å²) in [6, 6.07) is 18.2. The van der Waals surface area contributed by atoms with Gasteiger partial charge < -0.3 is 10.2 Å². The van der Waals surface area contributed by atoms with Crippen LogP contribution >= 0.6 is 0 Å². The summed E-state index contributed by atoms with van der Waals surface area (Å²) >= 11 is 0. The van der Waals surface area contributed by atoms with Crippen LogP contribution in [0.1, 0.15) is 33.6 Å². The van der Waals surface area contributed by atoms with Gasteiger partial charge in [-0.1, -0.05) is 42.5 Å². The number of aromatic nitrogens is 2. The molecule has 0 unspecified atom stereocenters. The molecule has 0 spiro atoms. The molecule has 1 amide bonds. The number of benzene rings is 2. The fraction of sp³-hybridized carbons (Fsp3) is 0.227. The first-order valence-corrected chi connectivity index (χ1v) is 9.22. The van der Waals surface area contributed by atoms with Crippen LogP contribution in [0.25, 0.3) is 0 Å². The molecule has 1 N–H and O–H groups in total. The Morgan fingerprint density at radius 1 is 1.11 bits per heavy atom. The van der Waals surface area contributed by atoms with Gasteiger partial charge in [-0.2, -0.15) is 0 Å². The number of fused-ring (bicyclic) bond motifs is 1. The quantitative estimate of drug-likeness (QED) is 0.771. The van der Waals surface area contributed by atoms with E-state index in [9.17, 15) is 4.79 Å². The Bertz CT molecular complexity index is 970. The van der Waals surface area contributed by atoms with Crippen LogP contribution in [-0.4, -0.2) is 22.4 Å². The zero-order valence-electron chi connectivity index (χ0n) is 15.4. The first-order valence-electron chi connectivity index (χ1n) is 9.22. The van der Waals surface area contributed by atoms with Crippen molar-refractivity contribution < 1.29 is 4.79 Å². The molecule has 5 heteroatoms. The first kappa shape index (κ1) is 17.2. The van der Waals surface area contributed by atoms with E-state index in [-0.39, 0.29) is 5.91 Å². The average molecular weight is 358 g/mol. The van der Waals surface area contributed by atoms with Gasteiger partial charge in [0, 0.05) is 24.8 Å². The van der Waals surface area contributed by atoms with Gasteiger partial charge in [0.15, 0.2) is 0 Å². The first-order chi connectivity index (χ1) is 13.2. The van der Waals surface area contributed by atoms with E-state index in [0.29, 0.717) is 12.2 Å². The molecule has 136 valence electrons. The number of carbonyl (C=O) groups is 1. The van der Waals surface area contributed by atoms with E-state index in [0.717, 1.165) is 42.0 Å². The van der Waals surface area contributed by atoms with Crippen molar-refractivity contribution in [2.75, 3.05) is 11.4 Å². The Kier molecular flexibility index (Phi) is 4.83. The second kappa shape index (κ2) is 7.58. The number of carbonyl (C=O) groups excluding carboxylic acids is 1. The van der Waals surface area contributed by atoms with Crippen molar-refractivity contribution in [3.63, 3.8) is 0 Å². The fourth-order valence-electron chi connectivity index (χ4n) is 3.46. The maximum Gasteiger partial charge on any atom is 0.270 e. The molecule has 0 saturated heterocycles. The molecule has 4 rings (SSSR count). The van der Waals surface area contributed by atoms with Crippen molar-refractivity contribution in [1.82, 2.24) is 15.3 Å². The minimum absolute atomic E-state index is 0.188. The molecule has 1 aliphatic heterocycles. The summed E-state index contributed by atoms with van der Waals surface area (Å²) in [6.45, 7) is 3.41. The van der Waals surface area contributed by atoms with Crippen LogP contribution in [0, 0.1) is 6.92 Å². The van der Waals surface area contributed by atoms with Gasteiger partial charge in [0.05, 0.1) is 0 Å². The van der Waals surface area contributed by atoms with Gasteiger partial charge in [-0.25, -0.2) is 9.97 Å². The minimum atomic E-state index is -0.188. The highest BCUT2D eigenvalue weighted by atomic mass is 16.1. The minimum Gasteiger partial charge on any atom is -0.347 e. The molecule has 2 aromatic carbocycles. The van der Waals surface area contributed by atoms with E-state index in [1.165, 1.54) is 11.9 Å². The maximum absolute atomic E-state index is 12.6. The van der Waals surface area contributed by atoms with E-state index >= 15 is 0 Å². The van der Waals surface area contributed by atoms with Gasteiger partial charge in [0.2, 0.25) is 0 Å². The standard InChI is InChI=1S/C22H22N4O/c1-16-7-2-3-9-18(16)14-23-22(27)19-13-21(25-15-24-19)26-12-6-10-17-8-4-5-11-20(17)26/h2-5,7-9,11,13,15H,6,10,12,14H2,1H3,(H,23,27). The van der Waals surface area contributed by atoms with E-state index in [1.54, 1.807) is 6.07 Å². The third-order valence-electron chi connectivity index (χ3n) is 4.97. The predicted molar refractivity (Wildman–Crippen MR) is 106 cm³/mol. The molecule has 1 aromatic heterocycles. The number of para-hydroxylation sites is 1. The number of anilines is 2. The number of rotatable bonds is 4. The van der Waals surface area contributed by atoms with Crippen LogP contribution in [0.15, 0.2) is 60.9 Å². The summed E-state index contributed by atoms with van der Waals surface area (Å²) in [5, 5.41) is 2.96. The molecule has 0 aliphatic carbocycles. The number of nitrogens with one attached hydrogen (secondary N) is 1. The number of hydrogen-bond donors (Lipinski definition) is 1. The van der Waals surface area contributed by atoms with Crippen LogP contribution < -0.4 is 10.2 Å². The Labute approximate surface area is 159 Å². The Morgan fingerprint density at radius 2 is 1.93 bits per heavy atom. The molecule has 0 atom stereocenters. The molecule has 1 aliphatic rings. The lowest BCUT2D eigenvalue weighted by Gasteiger charge is -2.30. The third kappa shape index (κ3) is 3.67. The summed E-state index contributed by atoms with van der Waals surface area (Å²) in [4.78, 5) is 23.3. The van der Waals surface area contributed by atoms with Crippen LogP contribution in [0.4, 0.5) is 11.5 Å². The topological polar surface area (TPSA) is 58.1 Å². The zero-order chi connectivity index (χ0) is 18.6. The SMILES string of the molecule is Cc1ccccc1CNC(=O)c1cc(N2CCCc3ccccc32)ncn1. The molecule has 2 heterocycles. The summed E-state index contributed by atoms with van der Waals surface area (Å²) in [5.41, 5.74) is 5.12. The van der Waals surface area contributed by atoms with Crippen molar-refractivity contribution in [3.8, 4) is 0 Å². The molecule has 3 aromatic rings. The lowest BCUT2D eigenvalue weighted by molar-refractivity contribution is 0.0945. The zero-order valence-corrected chi connectivity index (χ0v) is 15.4. The highest BCUT2D eigenvalue weighted by Gasteiger charge is 2.20. The number of amides is 1. The van der Waals surface area contributed by atoms with E-state index in [2.05, 4.69) is 38.4 Å². The highest BCUT2D eigenvalue weighted by molar-refractivity contribution is 5.93. The normalized spacial score (nSPS) is 13.1. The van der Waals surface area contributed by atoms with Crippen LogP contribution in [0.3, 0.4) is 0 Å². The Hall–Kier alpha value is -3.21. The molecule has 27 heavy (non-hydrogen) atoms. The van der Waals surface area contributed by atoms with Gasteiger partial charge >= 0.3 is 0 Å². The van der Waals surface area contributed by atoms with Crippen LogP contribution in [0.5, 0.6) is 0 Å². The average Bonchev–Trinajstić information content (AvgIpc) is 2.72. The molecular weight excluding hydrogens is 336 g/mol. The monoisotopic (exact) mass is 358 g/mol. The van der Waals surface area contributed by atoms with Crippen LogP contribution in [-0.2, 0) is 13.0 Å². The third-order valence-corrected chi connectivity index (χ3v) is 4.97. The van der Waals surface area contributed by atoms with Crippen molar-refractivity contribution >= 4 is 17.4 Å².